The third kappa shape index (κ3) is 3.20. The van der Waals surface area contributed by atoms with Crippen molar-refractivity contribution in [2.45, 2.75) is 31.8 Å². The van der Waals surface area contributed by atoms with Gasteiger partial charge in [-0.1, -0.05) is 6.07 Å². The Morgan fingerprint density at radius 2 is 2.14 bits per heavy atom. The maximum Gasteiger partial charge on any atom is 0.241 e. The Hall–Kier alpha value is -1.72. The third-order valence-electron chi connectivity index (χ3n) is 4.15. The number of thiophene rings is 1. The Balaban J connectivity index is 1.68. The van der Waals surface area contributed by atoms with E-state index in [1.807, 2.05) is 6.92 Å². The lowest BCUT2D eigenvalue weighted by Crippen LogP contribution is -2.41. The zero-order chi connectivity index (χ0) is 15.5. The van der Waals surface area contributed by atoms with Crippen molar-refractivity contribution in [2.75, 3.05) is 11.9 Å². The van der Waals surface area contributed by atoms with Gasteiger partial charge in [0.15, 0.2) is 0 Å². The van der Waals surface area contributed by atoms with Gasteiger partial charge in [0.1, 0.15) is 5.82 Å². The maximum absolute atomic E-state index is 12.9. The summed E-state index contributed by atoms with van der Waals surface area (Å²) in [7, 11) is 0. The van der Waals surface area contributed by atoms with E-state index in [4.69, 9.17) is 0 Å². The van der Waals surface area contributed by atoms with Gasteiger partial charge in [-0.15, -0.1) is 11.3 Å². The van der Waals surface area contributed by atoms with Gasteiger partial charge in [-0.05, 0) is 62.0 Å². The van der Waals surface area contributed by atoms with Gasteiger partial charge in [0.2, 0.25) is 5.91 Å². The van der Waals surface area contributed by atoms with E-state index in [1.54, 1.807) is 23.5 Å². The SMILES string of the molecule is CC(C(=O)Nc1ccc(F)cc1)N1CCCC1c1cccs1. The van der Waals surface area contributed by atoms with Gasteiger partial charge in [-0.3, -0.25) is 9.69 Å². The first-order valence-corrected chi connectivity index (χ1v) is 8.38. The quantitative estimate of drug-likeness (QED) is 0.922. The molecule has 1 aliphatic heterocycles. The molecule has 1 N–H and O–H groups in total. The number of carbonyl (C=O) groups excluding carboxylic acids is 1. The van der Waals surface area contributed by atoms with Crippen molar-refractivity contribution >= 4 is 22.9 Å². The number of nitrogens with zero attached hydrogens (tertiary/aromatic N) is 1. The summed E-state index contributed by atoms with van der Waals surface area (Å²) in [6.45, 7) is 2.87. The number of carbonyl (C=O) groups is 1. The number of likely N-dealkylation sites (tertiary alicyclic amines) is 1. The highest BCUT2D eigenvalue weighted by Gasteiger charge is 2.33. The average molecular weight is 318 g/mol. The minimum absolute atomic E-state index is 0.0462. The van der Waals surface area contributed by atoms with E-state index in [1.165, 1.54) is 17.0 Å². The summed E-state index contributed by atoms with van der Waals surface area (Å²) in [5.41, 5.74) is 0.630. The molecule has 22 heavy (non-hydrogen) atoms. The van der Waals surface area contributed by atoms with Crippen LogP contribution in [0.3, 0.4) is 0 Å². The van der Waals surface area contributed by atoms with E-state index >= 15 is 0 Å². The highest BCUT2D eigenvalue weighted by atomic mass is 32.1. The Morgan fingerprint density at radius 3 is 2.82 bits per heavy atom. The van der Waals surface area contributed by atoms with Gasteiger partial charge in [0.25, 0.3) is 0 Å². The van der Waals surface area contributed by atoms with Crippen LogP contribution >= 0.6 is 11.3 Å². The molecule has 116 valence electrons. The molecule has 2 atom stereocenters. The van der Waals surface area contributed by atoms with Crippen LogP contribution in [0.1, 0.15) is 30.7 Å². The summed E-state index contributed by atoms with van der Waals surface area (Å²) in [5.74, 6) is -0.349. The molecule has 1 saturated heterocycles. The molecule has 0 aliphatic carbocycles. The van der Waals surface area contributed by atoms with Gasteiger partial charge in [0, 0.05) is 16.6 Å². The molecule has 1 amide bonds. The van der Waals surface area contributed by atoms with Crippen LogP contribution in [0.4, 0.5) is 10.1 Å². The van der Waals surface area contributed by atoms with Crippen LogP contribution in [-0.2, 0) is 4.79 Å². The molecule has 2 aromatic rings. The van der Waals surface area contributed by atoms with Gasteiger partial charge in [0.05, 0.1) is 6.04 Å². The maximum atomic E-state index is 12.9. The molecule has 3 nitrogen and oxygen atoms in total. The van der Waals surface area contributed by atoms with Crippen molar-refractivity contribution in [1.29, 1.82) is 0 Å². The van der Waals surface area contributed by atoms with Crippen molar-refractivity contribution < 1.29 is 9.18 Å². The number of amides is 1. The topological polar surface area (TPSA) is 32.3 Å². The highest BCUT2D eigenvalue weighted by Crippen LogP contribution is 2.36. The van der Waals surface area contributed by atoms with Crippen LogP contribution in [0, 0.1) is 5.82 Å². The van der Waals surface area contributed by atoms with Gasteiger partial charge < -0.3 is 5.32 Å². The fraction of sp³-hybridized carbons (Fsp3) is 0.353. The minimum atomic E-state index is -0.302. The summed E-state index contributed by atoms with van der Waals surface area (Å²) in [5, 5.41) is 4.95. The van der Waals surface area contributed by atoms with E-state index in [-0.39, 0.29) is 17.8 Å². The first-order valence-electron chi connectivity index (χ1n) is 7.51. The minimum Gasteiger partial charge on any atom is -0.325 e. The molecule has 5 heteroatoms. The van der Waals surface area contributed by atoms with E-state index in [9.17, 15) is 9.18 Å². The largest absolute Gasteiger partial charge is 0.325 e. The molecule has 0 bridgehead atoms. The number of halogens is 1. The first-order chi connectivity index (χ1) is 10.6. The molecule has 2 unspecified atom stereocenters. The van der Waals surface area contributed by atoms with Gasteiger partial charge >= 0.3 is 0 Å². The van der Waals surface area contributed by atoms with Gasteiger partial charge in [-0.25, -0.2) is 4.39 Å². The molecule has 1 aromatic carbocycles. The van der Waals surface area contributed by atoms with Crippen LogP contribution in [0.5, 0.6) is 0 Å². The fourth-order valence-electron chi connectivity index (χ4n) is 2.97. The molecule has 2 heterocycles. The number of rotatable bonds is 4. The lowest BCUT2D eigenvalue weighted by molar-refractivity contribution is -0.121. The summed E-state index contributed by atoms with van der Waals surface area (Å²) < 4.78 is 12.9. The Bertz CT molecular complexity index is 627. The summed E-state index contributed by atoms with van der Waals surface area (Å²) >= 11 is 1.74. The Labute approximate surface area is 133 Å². The fourth-order valence-corrected chi connectivity index (χ4v) is 3.85. The Morgan fingerprint density at radius 1 is 1.36 bits per heavy atom. The molecule has 1 fully saturated rings. The molecule has 1 aliphatic rings. The average Bonchev–Trinajstić information content (AvgIpc) is 3.19. The van der Waals surface area contributed by atoms with Crippen LogP contribution < -0.4 is 5.32 Å². The van der Waals surface area contributed by atoms with Crippen molar-refractivity contribution in [3.63, 3.8) is 0 Å². The van der Waals surface area contributed by atoms with Crippen molar-refractivity contribution in [3.8, 4) is 0 Å². The van der Waals surface area contributed by atoms with Crippen molar-refractivity contribution in [3.05, 3.63) is 52.5 Å². The van der Waals surface area contributed by atoms with E-state index < -0.39 is 0 Å². The molecular formula is C17H19FN2OS. The molecule has 0 saturated carbocycles. The second kappa shape index (κ2) is 6.58. The lowest BCUT2D eigenvalue weighted by Gasteiger charge is -2.29. The van der Waals surface area contributed by atoms with Crippen LogP contribution in [0.25, 0.3) is 0 Å². The van der Waals surface area contributed by atoms with E-state index in [0.717, 1.165) is 19.4 Å². The Kier molecular flexibility index (Phi) is 4.55. The second-order valence-corrected chi connectivity index (χ2v) is 6.56. The number of hydrogen-bond donors (Lipinski definition) is 1. The number of hydrogen-bond acceptors (Lipinski definition) is 3. The highest BCUT2D eigenvalue weighted by molar-refractivity contribution is 7.10. The van der Waals surface area contributed by atoms with Crippen molar-refractivity contribution in [1.82, 2.24) is 4.90 Å². The zero-order valence-corrected chi connectivity index (χ0v) is 13.3. The molecule has 0 spiro atoms. The number of nitrogens with one attached hydrogen (secondary N) is 1. The first kappa shape index (κ1) is 15.2. The molecular weight excluding hydrogens is 299 g/mol. The number of anilines is 1. The van der Waals surface area contributed by atoms with E-state index in [2.05, 4.69) is 27.7 Å². The van der Waals surface area contributed by atoms with Gasteiger partial charge in [-0.2, -0.15) is 0 Å². The smallest absolute Gasteiger partial charge is 0.241 e. The predicted octanol–water partition coefficient (Wildman–Crippen LogP) is 4.05. The predicted molar refractivity (Wildman–Crippen MR) is 87.5 cm³/mol. The number of benzene rings is 1. The lowest BCUT2D eigenvalue weighted by atomic mass is 10.1. The molecule has 1 aromatic heterocycles. The normalized spacial score (nSPS) is 20.0. The monoisotopic (exact) mass is 318 g/mol. The molecule has 3 rings (SSSR count). The van der Waals surface area contributed by atoms with Crippen molar-refractivity contribution in [2.24, 2.45) is 0 Å². The molecule has 0 radical (unpaired) electrons. The summed E-state index contributed by atoms with van der Waals surface area (Å²) in [6.07, 6.45) is 2.20. The summed E-state index contributed by atoms with van der Waals surface area (Å²) in [4.78, 5) is 16.0. The van der Waals surface area contributed by atoms with Crippen LogP contribution in [0.2, 0.25) is 0 Å². The standard InChI is InChI=1S/C17H19FN2OS/c1-12(17(21)19-14-8-6-13(18)7-9-14)20-10-2-4-15(20)16-5-3-11-22-16/h3,5-9,11-12,15H,2,4,10H2,1H3,(H,19,21). The van der Waals surface area contributed by atoms with Crippen LogP contribution in [0.15, 0.2) is 41.8 Å². The van der Waals surface area contributed by atoms with Crippen LogP contribution in [-0.4, -0.2) is 23.4 Å². The summed E-state index contributed by atoms with van der Waals surface area (Å²) in [6, 6.07) is 10.2. The van der Waals surface area contributed by atoms with E-state index in [0.29, 0.717) is 11.7 Å². The second-order valence-electron chi connectivity index (χ2n) is 5.58. The third-order valence-corrected chi connectivity index (χ3v) is 5.13. The zero-order valence-electron chi connectivity index (χ0n) is 12.5.